The van der Waals surface area contributed by atoms with Crippen LogP contribution >= 0.6 is 11.6 Å². The highest BCUT2D eigenvalue weighted by Gasteiger charge is 2.34. The number of aromatic nitrogens is 3. The number of halogens is 1. The molecule has 0 radical (unpaired) electrons. The maximum Gasteiger partial charge on any atom is 0.410 e. The van der Waals surface area contributed by atoms with Crippen molar-refractivity contribution in [3.63, 3.8) is 0 Å². The maximum atomic E-state index is 12.2. The number of carbonyl (C=O) groups excluding carboxylic acids is 5. The number of ether oxygens (including phenoxy) is 4. The molecule has 8 heterocycles. The van der Waals surface area contributed by atoms with Crippen LogP contribution in [0.5, 0.6) is 0 Å². The normalized spacial score (nSPS) is 16.0. The summed E-state index contributed by atoms with van der Waals surface area (Å²) in [5.74, 6) is -0.736. The van der Waals surface area contributed by atoms with Gasteiger partial charge in [-0.15, -0.1) is 0 Å². The molecule has 0 bridgehead atoms. The Balaban J connectivity index is 0.000000216. The van der Waals surface area contributed by atoms with Crippen LogP contribution in [0, 0.1) is 55.4 Å². The third kappa shape index (κ3) is 41.7. The molecule has 25 nitrogen and oxygen atoms in total. The molecule has 4 amide bonds. The lowest BCUT2D eigenvalue weighted by Crippen LogP contribution is -2.47. The van der Waals surface area contributed by atoms with Crippen LogP contribution in [-0.2, 0) is 49.8 Å². The minimum Gasteiger partial charge on any atom is -0.478 e. The number of carbonyl (C=O) groups is 6. The van der Waals surface area contributed by atoms with E-state index in [1.807, 2.05) is 151 Å². The average Bonchev–Trinajstić information content (AvgIpc) is 1.68. The molecule has 5 saturated heterocycles. The second-order valence-corrected chi connectivity index (χ2v) is 41.1. The van der Waals surface area contributed by atoms with E-state index in [0.29, 0.717) is 44.1 Å². The number of aryl methyl sites for hydroxylation is 9. The number of piperidine rings is 5. The fourth-order valence-electron chi connectivity index (χ4n) is 17.1. The van der Waals surface area contributed by atoms with Gasteiger partial charge in [-0.3, -0.25) is 29.5 Å². The number of aromatic carboxylic acids is 1. The Labute approximate surface area is 818 Å². The third-order valence-corrected chi connectivity index (χ3v) is 24.0. The molecular formula is C110H161ClN14O11. The summed E-state index contributed by atoms with van der Waals surface area (Å²) in [4.78, 5) is 100. The monoisotopic (exact) mass is 1890 g/mol. The molecule has 3 aromatic heterocycles. The van der Waals surface area contributed by atoms with Gasteiger partial charge in [-0.1, -0.05) is 115 Å². The van der Waals surface area contributed by atoms with Crippen molar-refractivity contribution in [2.24, 2.45) is 0 Å². The van der Waals surface area contributed by atoms with Gasteiger partial charge >= 0.3 is 30.3 Å². The Kier molecular flexibility index (Phi) is 45.0. The lowest BCUT2D eigenvalue weighted by atomic mass is 10.0. The molecule has 0 spiro atoms. The molecule has 6 aliphatic rings. The first-order chi connectivity index (χ1) is 64.1. The number of carboxylic acids is 1. The Morgan fingerprint density at radius 1 is 0.426 bits per heavy atom. The lowest BCUT2D eigenvalue weighted by Gasteiger charge is -2.38. The molecule has 8 aromatic rings. The topological polar surface area (TPSA) is 260 Å². The van der Waals surface area contributed by atoms with Crippen molar-refractivity contribution in [3.05, 3.63) is 247 Å². The molecule has 5 fully saturated rings. The van der Waals surface area contributed by atoms with Crippen LogP contribution in [0.15, 0.2) is 164 Å². The number of pyridine rings is 3. The van der Waals surface area contributed by atoms with Crippen LogP contribution in [-0.4, -0.2) is 228 Å². The van der Waals surface area contributed by atoms with Crippen LogP contribution in [0.1, 0.15) is 243 Å². The number of benzene rings is 5. The number of nitrogens with one attached hydrogen (secondary N) is 3. The van der Waals surface area contributed by atoms with Gasteiger partial charge in [0, 0.05) is 185 Å². The fourth-order valence-corrected chi connectivity index (χ4v) is 17.5. The summed E-state index contributed by atoms with van der Waals surface area (Å²) in [7, 11) is 10.3. The van der Waals surface area contributed by atoms with Crippen molar-refractivity contribution in [2.45, 2.75) is 288 Å². The Hall–Kier alpha value is -10.7. The zero-order valence-corrected chi connectivity index (χ0v) is 87.2. The Morgan fingerprint density at radius 3 is 1.15 bits per heavy atom. The van der Waals surface area contributed by atoms with Crippen LogP contribution < -0.4 is 30.7 Å². The van der Waals surface area contributed by atoms with Gasteiger partial charge in [-0.05, 0) is 330 Å². The number of rotatable bonds is 15. The first-order valence-corrected chi connectivity index (χ1v) is 48.9. The Morgan fingerprint density at radius 2 is 0.787 bits per heavy atom. The minimum absolute atomic E-state index is 0.181. The van der Waals surface area contributed by atoms with Crippen molar-refractivity contribution in [2.75, 3.05) is 115 Å². The maximum absolute atomic E-state index is 12.2. The predicted octanol–water partition coefficient (Wildman–Crippen LogP) is 21.6. The first kappa shape index (κ1) is 112. The number of fused-ring (bicyclic) bond motifs is 1. The summed E-state index contributed by atoms with van der Waals surface area (Å²) >= 11 is 5.75. The molecule has 5 aromatic carbocycles. The first-order valence-electron chi connectivity index (χ1n) is 48.5. The quantitative estimate of drug-likeness (QED) is 0.0695. The molecule has 744 valence electrons. The van der Waals surface area contributed by atoms with E-state index >= 15 is 0 Å². The molecule has 1 aliphatic carbocycles. The van der Waals surface area contributed by atoms with E-state index in [9.17, 15) is 28.8 Å². The number of likely N-dealkylation sites (tertiary alicyclic amines) is 2. The number of amides is 4. The molecule has 26 heteroatoms. The highest BCUT2D eigenvalue weighted by Crippen LogP contribution is 2.34. The molecule has 14 rings (SSSR count). The van der Waals surface area contributed by atoms with Crippen LogP contribution in [0.4, 0.5) is 36.2 Å². The summed E-state index contributed by atoms with van der Waals surface area (Å²) < 4.78 is 21.3. The third-order valence-electron chi connectivity index (χ3n) is 23.8. The van der Waals surface area contributed by atoms with Crippen molar-refractivity contribution < 1.29 is 52.8 Å². The summed E-state index contributed by atoms with van der Waals surface area (Å²) in [5.41, 5.74) is 17.3. The van der Waals surface area contributed by atoms with Crippen LogP contribution in [0.25, 0.3) is 0 Å². The fraction of sp³-hybridized carbons (Fsp3) is 0.536. The van der Waals surface area contributed by atoms with Gasteiger partial charge in [0.15, 0.2) is 0 Å². The van der Waals surface area contributed by atoms with Crippen molar-refractivity contribution in [1.82, 2.24) is 55.4 Å². The van der Waals surface area contributed by atoms with Gasteiger partial charge in [0.25, 0.3) is 0 Å². The highest BCUT2D eigenvalue weighted by molar-refractivity contribution is 6.30. The highest BCUT2D eigenvalue weighted by atomic mass is 35.5. The summed E-state index contributed by atoms with van der Waals surface area (Å²) in [6, 6.07) is 57.7. The zero-order valence-electron chi connectivity index (χ0n) is 86.5. The van der Waals surface area contributed by atoms with Gasteiger partial charge in [0.1, 0.15) is 28.2 Å². The van der Waals surface area contributed by atoms with Gasteiger partial charge in [0.2, 0.25) is 0 Å². The van der Waals surface area contributed by atoms with Gasteiger partial charge < -0.3 is 69.4 Å². The van der Waals surface area contributed by atoms with Crippen molar-refractivity contribution in [3.8, 4) is 0 Å². The molecule has 1 atom stereocenters. The van der Waals surface area contributed by atoms with Crippen molar-refractivity contribution in [1.29, 1.82) is 0 Å². The van der Waals surface area contributed by atoms with Gasteiger partial charge in [0.05, 0.1) is 11.6 Å². The number of hydrogen-bond acceptors (Lipinski definition) is 20. The standard InChI is InChI=1S/C20H27N3.C18H29N3O2.C18H28N2O2.C15H19NO4.C13H21N3.C10H17NO3.C8H9Cl.C8H11N/c1-16-13-20(14-17(2)21-16)23-11-9-19(10-12-23)22(3)15-18-7-5-4-6-8-18;1-13-11-16(12-14(2)19-13)21-9-7-15(8-10-21)20(6)17(22)23-18(3,4)5;1-18(2,3)22-17(21)20-12-10-16(11-13-20)19(4)14-15-8-6-5-7-9-15;1-15(2,3)20-14(19)16-12-7-6-9-4-5-10(13(17)18)8-11(9)12;1-10-8-13(9-11(2)15-10)16-6-4-12(14-3)5-7-16;1-10(2,3)14-9(13)11-6-4-8(12)5-7-11;1-6-3-7(2)5-8(9)4-6;1-9-7-8-5-3-2-4-6-8/h4-8,13-14,19H,9-12,15H2,1-3H3;11-12,15H,7-10H2,1-6H3;5-9,16H,10-14H2,1-4H3;4-5,8,12H,6-7H2,1-3H3,(H,16,19)(H,17,18);8-9,12,14H,4-7H2,1-3H3;4-7H2,1-3H3;3-5H,1-2H3;2-6,9H,7H2,1H3. The number of hydrogen-bond donors (Lipinski definition) is 4. The molecule has 4 N–H and O–H groups in total. The van der Waals surface area contributed by atoms with E-state index in [2.05, 4.69) is 213 Å². The average molecular weight is 1890 g/mol. The van der Waals surface area contributed by atoms with E-state index in [1.165, 1.54) is 70.6 Å². The molecule has 1 unspecified atom stereocenters. The summed E-state index contributed by atoms with van der Waals surface area (Å²) in [6.07, 6.45) is 10.1. The van der Waals surface area contributed by atoms with Gasteiger partial charge in [-0.2, -0.15) is 0 Å². The minimum atomic E-state index is -0.962. The number of Topliss-reactive ketones (excluding diaryl/α,β-unsaturated/α-hetero) is 1. The van der Waals surface area contributed by atoms with Gasteiger partial charge in [-0.25, -0.2) is 24.0 Å². The number of ketones is 1. The van der Waals surface area contributed by atoms with Crippen LogP contribution in [0.2, 0.25) is 5.02 Å². The molecule has 5 aliphatic heterocycles. The number of anilines is 3. The summed E-state index contributed by atoms with van der Waals surface area (Å²) in [5, 5.41) is 19.1. The lowest BCUT2D eigenvalue weighted by molar-refractivity contribution is -0.121. The molecule has 136 heavy (non-hydrogen) atoms. The second kappa shape index (κ2) is 54.4. The number of alkyl carbamates (subject to hydrolysis) is 1. The van der Waals surface area contributed by atoms with E-state index < -0.39 is 34.5 Å². The van der Waals surface area contributed by atoms with E-state index in [0.717, 1.165) is 161 Å². The summed E-state index contributed by atoms with van der Waals surface area (Å²) in [6.45, 7) is 50.7. The molecule has 0 saturated carbocycles. The number of nitrogens with zero attached hydrogens (tertiary/aromatic N) is 11. The van der Waals surface area contributed by atoms with E-state index in [4.69, 9.17) is 35.7 Å². The zero-order chi connectivity index (χ0) is 100. The van der Waals surface area contributed by atoms with Crippen LogP contribution in [0.3, 0.4) is 0 Å². The van der Waals surface area contributed by atoms with E-state index in [1.54, 1.807) is 42.7 Å². The number of carboxylic acid groups (broad SMARTS) is 1. The second-order valence-electron chi connectivity index (χ2n) is 40.7. The predicted molar refractivity (Wildman–Crippen MR) is 553 cm³/mol. The largest absolute Gasteiger partial charge is 0.478 e. The smallest absolute Gasteiger partial charge is 0.410 e. The SMILES string of the molecule is CC(C)(C)OC(=O)N1CCC(=O)CC1.CC(C)(C)OC(=O)NC1CCc2ccc(C(=O)O)cc21.CN(Cc1ccccc1)C1CCN(C(=O)OC(C)(C)C)CC1.CNC1CCN(c2cc(C)nc(C)c2)CC1.CNCc1ccccc1.Cc1cc(C)cc(Cl)c1.Cc1cc(N2CCC(N(C)C(=O)OC(C)(C)C)CC2)cc(C)n1.Cc1cc(N2CCC(N(C)Cc3ccccc3)CC2)cc(C)n1. The van der Waals surface area contributed by atoms with E-state index in [-0.39, 0.29) is 41.7 Å². The molecular weight excluding hydrogens is 1730 g/mol. The Bertz CT molecular complexity index is 4890. The van der Waals surface area contributed by atoms with Crippen molar-refractivity contribution >= 4 is 64.8 Å².